The molecule has 0 aromatic heterocycles. The minimum absolute atomic E-state index is 0.0217. The Kier molecular flexibility index (Phi) is 4.82. The van der Waals surface area contributed by atoms with Crippen molar-refractivity contribution in [2.45, 2.75) is 19.8 Å². The van der Waals surface area contributed by atoms with Crippen molar-refractivity contribution in [3.63, 3.8) is 0 Å². The molecule has 4 heteroatoms. The number of amides is 1. The van der Waals surface area contributed by atoms with Gasteiger partial charge in [-0.25, -0.2) is 0 Å². The molecule has 0 bridgehead atoms. The van der Waals surface area contributed by atoms with Crippen LogP contribution in [0.2, 0.25) is 0 Å². The summed E-state index contributed by atoms with van der Waals surface area (Å²) >= 11 is 0. The van der Waals surface area contributed by atoms with Crippen LogP contribution in [0, 0.1) is 6.92 Å². The average molecular weight is 284 g/mol. The van der Waals surface area contributed by atoms with Gasteiger partial charge in [0.05, 0.1) is 7.11 Å². The van der Waals surface area contributed by atoms with E-state index in [0.717, 1.165) is 28.3 Å². The molecule has 2 aromatic rings. The van der Waals surface area contributed by atoms with Gasteiger partial charge in [0.25, 0.3) is 0 Å². The van der Waals surface area contributed by atoms with Crippen LogP contribution in [-0.4, -0.2) is 13.0 Å². The summed E-state index contributed by atoms with van der Waals surface area (Å²) in [5, 5.41) is 2.92. The van der Waals surface area contributed by atoms with Crippen LogP contribution in [0.3, 0.4) is 0 Å². The van der Waals surface area contributed by atoms with E-state index in [1.54, 1.807) is 7.11 Å². The Morgan fingerprint density at radius 1 is 1.24 bits per heavy atom. The predicted octanol–water partition coefficient (Wildman–Crippen LogP) is 3.16. The molecule has 0 atom stereocenters. The van der Waals surface area contributed by atoms with Crippen molar-refractivity contribution >= 4 is 17.3 Å². The van der Waals surface area contributed by atoms with E-state index >= 15 is 0 Å². The SMILES string of the molecule is COc1ccc(NC(=O)CCc2ccccc2N)c(C)c1. The molecule has 0 aliphatic carbocycles. The molecule has 0 aliphatic rings. The molecule has 2 rings (SSSR count). The van der Waals surface area contributed by atoms with Gasteiger partial charge in [0.15, 0.2) is 0 Å². The number of nitrogens with one attached hydrogen (secondary N) is 1. The van der Waals surface area contributed by atoms with E-state index in [1.165, 1.54) is 0 Å². The van der Waals surface area contributed by atoms with Gasteiger partial charge in [-0.2, -0.15) is 0 Å². The highest BCUT2D eigenvalue weighted by Gasteiger charge is 2.07. The standard InChI is InChI=1S/C17H20N2O2/c1-12-11-14(21-2)8-9-16(12)19-17(20)10-7-13-5-3-4-6-15(13)18/h3-6,8-9,11H,7,10,18H2,1-2H3,(H,19,20). The van der Waals surface area contributed by atoms with Crippen molar-refractivity contribution in [1.29, 1.82) is 0 Å². The minimum atomic E-state index is -0.0217. The first-order chi connectivity index (χ1) is 10.1. The summed E-state index contributed by atoms with van der Waals surface area (Å²) in [6.45, 7) is 1.94. The molecule has 0 fully saturated rings. The Morgan fingerprint density at radius 3 is 2.67 bits per heavy atom. The Hall–Kier alpha value is -2.49. The molecule has 0 saturated heterocycles. The van der Waals surface area contributed by atoms with E-state index < -0.39 is 0 Å². The number of anilines is 2. The summed E-state index contributed by atoms with van der Waals surface area (Å²) in [4.78, 5) is 12.0. The summed E-state index contributed by atoms with van der Waals surface area (Å²) in [7, 11) is 1.62. The second-order valence-electron chi connectivity index (χ2n) is 4.93. The van der Waals surface area contributed by atoms with Crippen LogP contribution in [-0.2, 0) is 11.2 Å². The van der Waals surface area contributed by atoms with Gasteiger partial charge >= 0.3 is 0 Å². The molecule has 3 N–H and O–H groups in total. The molecule has 0 heterocycles. The molecular formula is C17H20N2O2. The minimum Gasteiger partial charge on any atom is -0.497 e. The van der Waals surface area contributed by atoms with Gasteiger partial charge in [0.1, 0.15) is 5.75 Å². The largest absolute Gasteiger partial charge is 0.497 e. The van der Waals surface area contributed by atoms with Crippen molar-refractivity contribution in [2.24, 2.45) is 0 Å². The van der Waals surface area contributed by atoms with E-state index in [9.17, 15) is 4.79 Å². The van der Waals surface area contributed by atoms with E-state index in [2.05, 4.69) is 5.32 Å². The van der Waals surface area contributed by atoms with Crippen LogP contribution in [0.5, 0.6) is 5.75 Å². The second-order valence-corrected chi connectivity index (χ2v) is 4.93. The van der Waals surface area contributed by atoms with Crippen molar-refractivity contribution in [3.8, 4) is 5.75 Å². The van der Waals surface area contributed by atoms with Crippen molar-refractivity contribution in [2.75, 3.05) is 18.2 Å². The molecule has 2 aromatic carbocycles. The van der Waals surface area contributed by atoms with E-state index in [1.807, 2.05) is 49.4 Å². The van der Waals surface area contributed by atoms with Crippen LogP contribution in [0.4, 0.5) is 11.4 Å². The highest BCUT2D eigenvalue weighted by molar-refractivity contribution is 5.91. The van der Waals surface area contributed by atoms with Crippen LogP contribution in [0.25, 0.3) is 0 Å². The van der Waals surface area contributed by atoms with Crippen LogP contribution < -0.4 is 15.8 Å². The summed E-state index contributed by atoms with van der Waals surface area (Å²) in [6, 6.07) is 13.2. The fourth-order valence-corrected chi connectivity index (χ4v) is 2.13. The quantitative estimate of drug-likeness (QED) is 0.829. The zero-order valence-electron chi connectivity index (χ0n) is 12.3. The Bertz CT molecular complexity index is 638. The number of benzene rings is 2. The molecule has 0 spiro atoms. The Balaban J connectivity index is 1.95. The fraction of sp³-hybridized carbons (Fsp3) is 0.235. The first-order valence-electron chi connectivity index (χ1n) is 6.88. The molecule has 110 valence electrons. The highest BCUT2D eigenvalue weighted by atomic mass is 16.5. The molecule has 0 unspecified atom stereocenters. The van der Waals surface area contributed by atoms with Crippen LogP contribution in [0.1, 0.15) is 17.5 Å². The zero-order valence-corrected chi connectivity index (χ0v) is 12.3. The first kappa shape index (κ1) is 14.9. The predicted molar refractivity (Wildman–Crippen MR) is 85.5 cm³/mol. The van der Waals surface area contributed by atoms with Crippen molar-refractivity contribution in [3.05, 3.63) is 53.6 Å². The normalized spacial score (nSPS) is 10.2. The number of ether oxygens (including phenoxy) is 1. The smallest absolute Gasteiger partial charge is 0.224 e. The van der Waals surface area contributed by atoms with Gasteiger partial charge in [0, 0.05) is 17.8 Å². The van der Waals surface area contributed by atoms with Crippen LogP contribution in [0.15, 0.2) is 42.5 Å². The number of methoxy groups -OCH3 is 1. The number of nitrogens with two attached hydrogens (primary N) is 1. The number of para-hydroxylation sites is 1. The summed E-state index contributed by atoms with van der Waals surface area (Å²) in [5.41, 5.74) is 9.38. The molecule has 1 amide bonds. The highest BCUT2D eigenvalue weighted by Crippen LogP contribution is 2.21. The summed E-state index contributed by atoms with van der Waals surface area (Å²) in [6.07, 6.45) is 1.04. The maximum atomic E-state index is 12.0. The van der Waals surface area contributed by atoms with E-state index in [4.69, 9.17) is 10.5 Å². The number of hydrogen-bond donors (Lipinski definition) is 2. The number of rotatable bonds is 5. The third-order valence-corrected chi connectivity index (χ3v) is 3.38. The number of carbonyl (C=O) groups is 1. The zero-order chi connectivity index (χ0) is 15.2. The van der Waals surface area contributed by atoms with Gasteiger partial charge in [0.2, 0.25) is 5.91 Å². The lowest BCUT2D eigenvalue weighted by molar-refractivity contribution is -0.116. The summed E-state index contributed by atoms with van der Waals surface area (Å²) in [5.74, 6) is 0.758. The molecule has 0 radical (unpaired) electrons. The lowest BCUT2D eigenvalue weighted by Crippen LogP contribution is -2.13. The lowest BCUT2D eigenvalue weighted by atomic mass is 10.1. The number of aryl methyl sites for hydroxylation is 2. The number of carbonyl (C=O) groups excluding carboxylic acids is 1. The first-order valence-corrected chi connectivity index (χ1v) is 6.88. The van der Waals surface area contributed by atoms with Gasteiger partial charge in [-0.15, -0.1) is 0 Å². The molecule has 0 aliphatic heterocycles. The molecular weight excluding hydrogens is 264 g/mol. The maximum absolute atomic E-state index is 12.0. The third-order valence-electron chi connectivity index (χ3n) is 3.38. The van der Waals surface area contributed by atoms with Gasteiger partial charge in [-0.1, -0.05) is 18.2 Å². The van der Waals surface area contributed by atoms with E-state index in [-0.39, 0.29) is 5.91 Å². The van der Waals surface area contributed by atoms with Crippen molar-refractivity contribution < 1.29 is 9.53 Å². The number of hydrogen-bond acceptors (Lipinski definition) is 3. The Morgan fingerprint density at radius 2 is 2.00 bits per heavy atom. The molecule has 0 saturated carbocycles. The molecule has 4 nitrogen and oxygen atoms in total. The Labute approximate surface area is 124 Å². The van der Waals surface area contributed by atoms with Gasteiger partial charge < -0.3 is 15.8 Å². The second kappa shape index (κ2) is 6.79. The van der Waals surface area contributed by atoms with Crippen LogP contribution >= 0.6 is 0 Å². The van der Waals surface area contributed by atoms with Gasteiger partial charge in [-0.3, -0.25) is 4.79 Å². The third kappa shape index (κ3) is 3.99. The maximum Gasteiger partial charge on any atom is 0.224 e. The average Bonchev–Trinajstić information content (AvgIpc) is 2.48. The van der Waals surface area contributed by atoms with Gasteiger partial charge in [-0.05, 0) is 48.7 Å². The topological polar surface area (TPSA) is 64.3 Å². The van der Waals surface area contributed by atoms with E-state index in [0.29, 0.717) is 12.8 Å². The monoisotopic (exact) mass is 284 g/mol. The summed E-state index contributed by atoms with van der Waals surface area (Å²) < 4.78 is 5.15. The van der Waals surface area contributed by atoms with Crippen molar-refractivity contribution in [1.82, 2.24) is 0 Å². The number of nitrogen functional groups attached to an aromatic ring is 1. The lowest BCUT2D eigenvalue weighted by Gasteiger charge is -2.10. The molecule has 21 heavy (non-hydrogen) atoms. The fourth-order valence-electron chi connectivity index (χ4n) is 2.13.